The largest absolute Gasteiger partial charge is 0.497 e. The van der Waals surface area contributed by atoms with Crippen LogP contribution in [0.1, 0.15) is 30.4 Å². The predicted molar refractivity (Wildman–Crippen MR) is 114 cm³/mol. The number of carbonyl (C=O) groups is 1. The van der Waals surface area contributed by atoms with Gasteiger partial charge in [-0.05, 0) is 67.9 Å². The molecule has 1 aliphatic carbocycles. The van der Waals surface area contributed by atoms with E-state index >= 15 is 0 Å². The van der Waals surface area contributed by atoms with Crippen LogP contribution in [0.3, 0.4) is 0 Å². The third-order valence-electron chi connectivity index (χ3n) is 6.19. The monoisotopic (exact) mass is 415 g/mol. The number of Topliss-reactive ketones (excluding diaryl/α,β-unsaturated/α-hetero) is 1. The van der Waals surface area contributed by atoms with Gasteiger partial charge in [-0.1, -0.05) is 41.4 Å². The van der Waals surface area contributed by atoms with E-state index in [9.17, 15) is 4.79 Å². The molecule has 0 aromatic heterocycles. The molecule has 4 rings (SSSR count). The Labute approximate surface area is 175 Å². The first-order valence-electron chi connectivity index (χ1n) is 9.46. The standard InChI is InChI=1S/C23H23Cl2NO2/c1-26-9-8-23(16-4-3-5-17(12-16)28-2)13-21(26)18(22(27)14-23)10-15-6-7-19(24)20(25)11-15/h3-7,10-12,21H,8-9,13-14H2,1-2H3/b18-10+/t21-,23-/m1/s1. The van der Waals surface area contributed by atoms with Crippen molar-refractivity contribution in [3.8, 4) is 5.75 Å². The summed E-state index contributed by atoms with van der Waals surface area (Å²) in [7, 11) is 3.78. The summed E-state index contributed by atoms with van der Waals surface area (Å²) in [5.41, 5.74) is 2.84. The molecule has 2 bridgehead atoms. The first-order chi connectivity index (χ1) is 13.4. The zero-order chi connectivity index (χ0) is 19.9. The average Bonchev–Trinajstić information content (AvgIpc) is 2.70. The van der Waals surface area contributed by atoms with Crippen molar-refractivity contribution in [3.63, 3.8) is 0 Å². The minimum absolute atomic E-state index is 0.0932. The molecule has 1 heterocycles. The summed E-state index contributed by atoms with van der Waals surface area (Å²) in [5.74, 6) is 1.05. The van der Waals surface area contributed by atoms with Crippen LogP contribution >= 0.6 is 23.2 Å². The maximum absolute atomic E-state index is 13.3. The number of hydrogen-bond donors (Lipinski definition) is 0. The van der Waals surface area contributed by atoms with Crippen molar-refractivity contribution in [1.29, 1.82) is 0 Å². The second-order valence-electron chi connectivity index (χ2n) is 7.84. The van der Waals surface area contributed by atoms with Crippen LogP contribution in [0.4, 0.5) is 0 Å². The van der Waals surface area contributed by atoms with Gasteiger partial charge in [0.2, 0.25) is 0 Å². The molecule has 146 valence electrons. The SMILES string of the molecule is COc1cccc([C@]23CCN(C)[C@H](C2)/C(=C\c2ccc(Cl)c(Cl)c2)C(=O)C3)c1. The third-order valence-corrected chi connectivity index (χ3v) is 6.93. The molecule has 2 aromatic carbocycles. The van der Waals surface area contributed by atoms with E-state index in [-0.39, 0.29) is 17.2 Å². The molecule has 2 aliphatic rings. The van der Waals surface area contributed by atoms with E-state index in [0.29, 0.717) is 16.5 Å². The molecule has 1 saturated carbocycles. The van der Waals surface area contributed by atoms with E-state index in [1.807, 2.05) is 30.3 Å². The predicted octanol–water partition coefficient (Wildman–Crippen LogP) is 5.39. The molecule has 0 amide bonds. The van der Waals surface area contributed by atoms with Crippen molar-refractivity contribution in [2.45, 2.75) is 30.7 Å². The molecule has 1 saturated heterocycles. The van der Waals surface area contributed by atoms with Gasteiger partial charge in [0.1, 0.15) is 5.75 Å². The van der Waals surface area contributed by atoms with Crippen molar-refractivity contribution in [1.82, 2.24) is 4.90 Å². The Morgan fingerprint density at radius 1 is 1.18 bits per heavy atom. The fourth-order valence-corrected chi connectivity index (χ4v) is 4.86. The molecule has 2 fully saturated rings. The Balaban J connectivity index is 1.72. The van der Waals surface area contributed by atoms with Gasteiger partial charge in [-0.25, -0.2) is 0 Å². The fourth-order valence-electron chi connectivity index (χ4n) is 4.55. The lowest BCUT2D eigenvalue weighted by Gasteiger charge is -2.50. The highest BCUT2D eigenvalue weighted by molar-refractivity contribution is 6.42. The Morgan fingerprint density at radius 2 is 2.00 bits per heavy atom. The number of hydrogen-bond acceptors (Lipinski definition) is 3. The highest BCUT2D eigenvalue weighted by Gasteiger charge is 2.48. The van der Waals surface area contributed by atoms with Crippen molar-refractivity contribution in [2.24, 2.45) is 0 Å². The lowest BCUT2D eigenvalue weighted by molar-refractivity contribution is -0.120. The van der Waals surface area contributed by atoms with E-state index in [2.05, 4.69) is 24.1 Å². The number of likely N-dealkylation sites (N-methyl/N-ethyl adjacent to an activating group) is 1. The van der Waals surface area contributed by atoms with Crippen LogP contribution in [-0.2, 0) is 10.2 Å². The van der Waals surface area contributed by atoms with Crippen LogP contribution in [-0.4, -0.2) is 37.4 Å². The summed E-state index contributed by atoms with van der Waals surface area (Å²) < 4.78 is 5.42. The number of methoxy groups -OCH3 is 1. The minimum Gasteiger partial charge on any atom is -0.497 e. The van der Waals surface area contributed by atoms with Crippen LogP contribution in [0.5, 0.6) is 5.75 Å². The maximum Gasteiger partial charge on any atom is 0.161 e. The lowest BCUT2D eigenvalue weighted by atomic mass is 9.61. The molecule has 0 unspecified atom stereocenters. The number of carbonyl (C=O) groups excluding carboxylic acids is 1. The summed E-state index contributed by atoms with van der Waals surface area (Å²) in [5, 5.41) is 1.02. The Bertz CT molecular complexity index is 955. The third kappa shape index (κ3) is 3.47. The van der Waals surface area contributed by atoms with Gasteiger partial charge in [0.15, 0.2) is 5.78 Å². The molecule has 28 heavy (non-hydrogen) atoms. The zero-order valence-electron chi connectivity index (χ0n) is 16.0. The van der Waals surface area contributed by atoms with Gasteiger partial charge in [0.25, 0.3) is 0 Å². The number of rotatable bonds is 3. The number of benzene rings is 2. The molecule has 3 nitrogen and oxygen atoms in total. The van der Waals surface area contributed by atoms with Gasteiger partial charge in [0.05, 0.1) is 17.2 Å². The molecule has 0 spiro atoms. The molecule has 0 N–H and O–H groups in total. The van der Waals surface area contributed by atoms with Crippen LogP contribution in [0, 0.1) is 0 Å². The van der Waals surface area contributed by atoms with E-state index in [4.69, 9.17) is 27.9 Å². The highest BCUT2D eigenvalue weighted by atomic mass is 35.5. The molecule has 2 atom stereocenters. The quantitative estimate of drug-likeness (QED) is 0.629. The van der Waals surface area contributed by atoms with E-state index < -0.39 is 0 Å². The van der Waals surface area contributed by atoms with Crippen molar-refractivity contribution >= 4 is 35.1 Å². The Kier molecular flexibility index (Phi) is 5.26. The molecule has 1 aliphatic heterocycles. The number of nitrogens with zero attached hydrogens (tertiary/aromatic N) is 1. The van der Waals surface area contributed by atoms with Crippen LogP contribution in [0.2, 0.25) is 10.0 Å². The molecular weight excluding hydrogens is 393 g/mol. The van der Waals surface area contributed by atoms with Gasteiger partial charge in [0, 0.05) is 23.5 Å². The second kappa shape index (κ2) is 7.55. The van der Waals surface area contributed by atoms with Crippen LogP contribution < -0.4 is 4.74 Å². The minimum atomic E-state index is -0.127. The number of ether oxygens (including phenoxy) is 1. The number of piperidine rings is 1. The van der Waals surface area contributed by atoms with Gasteiger partial charge in [-0.2, -0.15) is 0 Å². The average molecular weight is 416 g/mol. The first-order valence-corrected chi connectivity index (χ1v) is 10.2. The summed E-state index contributed by atoms with van der Waals surface area (Å²) in [4.78, 5) is 15.5. The Morgan fingerprint density at radius 3 is 2.75 bits per heavy atom. The Hall–Kier alpha value is -1.81. The summed E-state index contributed by atoms with van der Waals surface area (Å²) in [6.45, 7) is 0.952. The molecule has 5 heteroatoms. The number of halogens is 2. The van der Waals surface area contributed by atoms with Crippen molar-refractivity contribution < 1.29 is 9.53 Å². The lowest BCUT2D eigenvalue weighted by Crippen LogP contribution is -2.53. The highest BCUT2D eigenvalue weighted by Crippen LogP contribution is 2.48. The number of likely N-dealkylation sites (tertiary alicyclic amines) is 1. The normalized spacial score (nSPS) is 26.5. The van der Waals surface area contributed by atoms with Gasteiger partial charge >= 0.3 is 0 Å². The molecule has 2 aromatic rings. The summed E-state index contributed by atoms with van der Waals surface area (Å²) in [6, 6.07) is 13.8. The van der Waals surface area contributed by atoms with E-state index in [1.165, 1.54) is 5.56 Å². The summed E-state index contributed by atoms with van der Waals surface area (Å²) >= 11 is 12.2. The second-order valence-corrected chi connectivity index (χ2v) is 8.65. The van der Waals surface area contributed by atoms with Gasteiger partial charge in [-0.15, -0.1) is 0 Å². The fraction of sp³-hybridized carbons (Fsp3) is 0.348. The topological polar surface area (TPSA) is 29.5 Å². The van der Waals surface area contributed by atoms with Crippen LogP contribution in [0.15, 0.2) is 48.0 Å². The van der Waals surface area contributed by atoms with E-state index in [1.54, 1.807) is 13.2 Å². The molecule has 0 radical (unpaired) electrons. The number of fused-ring (bicyclic) bond motifs is 2. The van der Waals surface area contributed by atoms with Gasteiger partial charge in [-0.3, -0.25) is 9.69 Å². The van der Waals surface area contributed by atoms with Crippen LogP contribution in [0.25, 0.3) is 6.08 Å². The summed E-state index contributed by atoms with van der Waals surface area (Å²) in [6.07, 6.45) is 4.40. The zero-order valence-corrected chi connectivity index (χ0v) is 17.6. The number of ketones is 1. The van der Waals surface area contributed by atoms with Gasteiger partial charge < -0.3 is 4.74 Å². The first kappa shape index (κ1) is 19.5. The van der Waals surface area contributed by atoms with Crippen molar-refractivity contribution in [2.75, 3.05) is 20.7 Å². The molecular formula is C23H23Cl2NO2. The maximum atomic E-state index is 13.3. The smallest absolute Gasteiger partial charge is 0.161 e. The van der Waals surface area contributed by atoms with Crippen molar-refractivity contribution in [3.05, 3.63) is 69.2 Å². The van der Waals surface area contributed by atoms with E-state index in [0.717, 1.165) is 36.3 Å².